The van der Waals surface area contributed by atoms with Crippen LogP contribution < -0.4 is 11.1 Å². The van der Waals surface area contributed by atoms with Crippen molar-refractivity contribution in [2.45, 2.75) is 45.2 Å². The lowest BCUT2D eigenvalue weighted by atomic mass is 9.87. The molecule has 2 unspecified atom stereocenters. The maximum absolute atomic E-state index is 10.9. The monoisotopic (exact) mass is 170 g/mol. The van der Waals surface area contributed by atoms with E-state index in [4.69, 9.17) is 5.73 Å². The summed E-state index contributed by atoms with van der Waals surface area (Å²) >= 11 is 0. The molecule has 2 atom stereocenters. The first-order valence-corrected chi connectivity index (χ1v) is 4.53. The van der Waals surface area contributed by atoms with E-state index in [9.17, 15) is 4.79 Å². The minimum Gasteiger partial charge on any atom is -0.368 e. The molecule has 1 fully saturated rings. The SMILES string of the molecule is CC(C)C1(C)CCC(C(N)=O)N1. The fourth-order valence-corrected chi connectivity index (χ4v) is 1.66. The maximum Gasteiger partial charge on any atom is 0.234 e. The molecule has 0 aliphatic carbocycles. The van der Waals surface area contributed by atoms with Crippen LogP contribution in [0, 0.1) is 5.92 Å². The highest BCUT2D eigenvalue weighted by Crippen LogP contribution is 2.29. The molecule has 0 aromatic rings. The van der Waals surface area contributed by atoms with Gasteiger partial charge in [0, 0.05) is 5.54 Å². The van der Waals surface area contributed by atoms with E-state index in [2.05, 4.69) is 26.1 Å². The number of primary amides is 1. The van der Waals surface area contributed by atoms with Crippen molar-refractivity contribution in [1.82, 2.24) is 5.32 Å². The van der Waals surface area contributed by atoms with Gasteiger partial charge in [0.2, 0.25) is 5.91 Å². The van der Waals surface area contributed by atoms with Gasteiger partial charge < -0.3 is 11.1 Å². The highest BCUT2D eigenvalue weighted by Gasteiger charge is 2.38. The van der Waals surface area contributed by atoms with E-state index in [1.165, 1.54) is 0 Å². The van der Waals surface area contributed by atoms with Gasteiger partial charge in [-0.15, -0.1) is 0 Å². The molecule has 12 heavy (non-hydrogen) atoms. The highest BCUT2D eigenvalue weighted by atomic mass is 16.1. The fraction of sp³-hybridized carbons (Fsp3) is 0.889. The van der Waals surface area contributed by atoms with Gasteiger partial charge in [0.1, 0.15) is 0 Å². The van der Waals surface area contributed by atoms with Crippen LogP contribution in [0.15, 0.2) is 0 Å². The number of nitrogens with two attached hydrogens (primary N) is 1. The molecule has 3 nitrogen and oxygen atoms in total. The van der Waals surface area contributed by atoms with Crippen molar-refractivity contribution in [2.75, 3.05) is 0 Å². The zero-order valence-corrected chi connectivity index (χ0v) is 8.05. The van der Waals surface area contributed by atoms with Gasteiger partial charge in [0.25, 0.3) is 0 Å². The summed E-state index contributed by atoms with van der Waals surface area (Å²) in [4.78, 5) is 10.9. The van der Waals surface area contributed by atoms with Crippen LogP contribution in [0.1, 0.15) is 33.6 Å². The van der Waals surface area contributed by atoms with Crippen molar-refractivity contribution < 1.29 is 4.79 Å². The Hall–Kier alpha value is -0.570. The lowest BCUT2D eigenvalue weighted by molar-refractivity contribution is -0.119. The summed E-state index contributed by atoms with van der Waals surface area (Å²) in [6, 6.07) is -0.114. The predicted molar refractivity (Wildman–Crippen MR) is 48.6 cm³/mol. The predicted octanol–water partition coefficient (Wildman–Crippen LogP) is 0.638. The summed E-state index contributed by atoms with van der Waals surface area (Å²) in [5.74, 6) is 0.321. The Bertz CT molecular complexity index is 191. The van der Waals surface area contributed by atoms with Gasteiger partial charge in [-0.25, -0.2) is 0 Å². The van der Waals surface area contributed by atoms with Crippen LogP contribution in [0.25, 0.3) is 0 Å². The molecule has 1 rings (SSSR count). The topological polar surface area (TPSA) is 55.1 Å². The Labute approximate surface area is 73.7 Å². The number of carbonyl (C=O) groups is 1. The van der Waals surface area contributed by atoms with Crippen LogP contribution in [0.2, 0.25) is 0 Å². The molecule has 0 aromatic carbocycles. The minimum absolute atomic E-state index is 0.0969. The van der Waals surface area contributed by atoms with Crippen LogP contribution in [-0.4, -0.2) is 17.5 Å². The second-order valence-corrected chi connectivity index (χ2v) is 4.21. The summed E-state index contributed by atoms with van der Waals surface area (Å²) in [5.41, 5.74) is 5.31. The van der Waals surface area contributed by atoms with Crippen molar-refractivity contribution in [3.05, 3.63) is 0 Å². The molecule has 70 valence electrons. The molecule has 0 radical (unpaired) electrons. The quantitative estimate of drug-likeness (QED) is 0.639. The Morgan fingerprint density at radius 2 is 2.25 bits per heavy atom. The number of amides is 1. The summed E-state index contributed by atoms with van der Waals surface area (Å²) in [5, 5.41) is 3.29. The van der Waals surface area contributed by atoms with E-state index < -0.39 is 0 Å². The third kappa shape index (κ3) is 1.61. The van der Waals surface area contributed by atoms with Crippen LogP contribution in [0.3, 0.4) is 0 Å². The van der Waals surface area contributed by atoms with E-state index in [-0.39, 0.29) is 17.5 Å². The molecular weight excluding hydrogens is 152 g/mol. The largest absolute Gasteiger partial charge is 0.368 e. The lowest BCUT2D eigenvalue weighted by Gasteiger charge is -2.29. The first-order valence-electron chi connectivity index (χ1n) is 4.53. The van der Waals surface area contributed by atoms with Gasteiger partial charge in [0.05, 0.1) is 6.04 Å². The minimum atomic E-state index is -0.223. The molecule has 3 heteroatoms. The number of rotatable bonds is 2. The van der Waals surface area contributed by atoms with Crippen molar-refractivity contribution in [3.8, 4) is 0 Å². The zero-order valence-electron chi connectivity index (χ0n) is 8.05. The summed E-state index contributed by atoms with van der Waals surface area (Å²) in [6.45, 7) is 6.48. The highest BCUT2D eigenvalue weighted by molar-refractivity contribution is 5.80. The maximum atomic E-state index is 10.9. The standard InChI is InChI=1S/C9H18N2O/c1-6(2)9(3)5-4-7(11-9)8(10)12/h6-7,11H,4-5H2,1-3H3,(H2,10,12). The average Bonchev–Trinajstić information content (AvgIpc) is 2.33. The van der Waals surface area contributed by atoms with Gasteiger partial charge in [-0.1, -0.05) is 13.8 Å². The molecule has 1 heterocycles. The van der Waals surface area contributed by atoms with E-state index in [0.717, 1.165) is 12.8 Å². The number of hydrogen-bond acceptors (Lipinski definition) is 2. The molecule has 1 amide bonds. The van der Waals surface area contributed by atoms with Gasteiger partial charge >= 0.3 is 0 Å². The molecule has 1 aliphatic rings. The molecule has 0 saturated carbocycles. The van der Waals surface area contributed by atoms with Gasteiger partial charge in [-0.05, 0) is 25.7 Å². The second kappa shape index (κ2) is 3.05. The van der Waals surface area contributed by atoms with Crippen LogP contribution in [0.5, 0.6) is 0 Å². The number of nitrogens with one attached hydrogen (secondary N) is 1. The van der Waals surface area contributed by atoms with E-state index >= 15 is 0 Å². The first-order chi connectivity index (χ1) is 5.46. The van der Waals surface area contributed by atoms with Gasteiger partial charge in [0.15, 0.2) is 0 Å². The Balaban J connectivity index is 2.60. The van der Waals surface area contributed by atoms with Crippen molar-refractivity contribution in [1.29, 1.82) is 0 Å². The zero-order chi connectivity index (χ0) is 9.35. The molecule has 0 aromatic heterocycles. The smallest absolute Gasteiger partial charge is 0.234 e. The molecule has 0 spiro atoms. The summed E-state index contributed by atoms with van der Waals surface area (Å²) in [6.07, 6.45) is 1.92. The van der Waals surface area contributed by atoms with Gasteiger partial charge in [-0.2, -0.15) is 0 Å². The Kier molecular flexibility index (Phi) is 2.42. The number of hydrogen-bond donors (Lipinski definition) is 2. The third-order valence-electron chi connectivity index (χ3n) is 3.07. The number of carbonyl (C=O) groups excluding carboxylic acids is 1. The van der Waals surface area contributed by atoms with E-state index in [0.29, 0.717) is 5.92 Å². The summed E-state index contributed by atoms with van der Waals surface area (Å²) in [7, 11) is 0. The Morgan fingerprint density at radius 3 is 2.50 bits per heavy atom. The summed E-state index contributed by atoms with van der Waals surface area (Å²) < 4.78 is 0. The molecular formula is C9H18N2O. The van der Waals surface area contributed by atoms with Crippen molar-refractivity contribution in [2.24, 2.45) is 11.7 Å². The lowest BCUT2D eigenvalue weighted by Crippen LogP contribution is -2.48. The molecule has 1 saturated heterocycles. The van der Waals surface area contributed by atoms with Crippen molar-refractivity contribution in [3.63, 3.8) is 0 Å². The second-order valence-electron chi connectivity index (χ2n) is 4.21. The molecule has 3 N–H and O–H groups in total. The van der Waals surface area contributed by atoms with Crippen LogP contribution in [-0.2, 0) is 4.79 Å². The average molecular weight is 170 g/mol. The van der Waals surface area contributed by atoms with E-state index in [1.54, 1.807) is 0 Å². The van der Waals surface area contributed by atoms with Crippen LogP contribution >= 0.6 is 0 Å². The third-order valence-corrected chi connectivity index (χ3v) is 3.07. The molecule has 0 bridgehead atoms. The van der Waals surface area contributed by atoms with Gasteiger partial charge in [-0.3, -0.25) is 4.79 Å². The fourth-order valence-electron chi connectivity index (χ4n) is 1.66. The first kappa shape index (κ1) is 9.52. The van der Waals surface area contributed by atoms with E-state index in [1.807, 2.05) is 0 Å². The Morgan fingerprint density at radius 1 is 1.67 bits per heavy atom. The molecule has 1 aliphatic heterocycles. The normalized spacial score (nSPS) is 35.8. The van der Waals surface area contributed by atoms with Crippen LogP contribution in [0.4, 0.5) is 0 Å². The van der Waals surface area contributed by atoms with Crippen molar-refractivity contribution >= 4 is 5.91 Å².